The topological polar surface area (TPSA) is 71.4 Å². The van der Waals surface area contributed by atoms with Crippen molar-refractivity contribution in [3.8, 4) is 0 Å². The van der Waals surface area contributed by atoms with E-state index < -0.39 is 20.6 Å². The maximum atomic E-state index is 12.4. The molecule has 1 fully saturated rings. The minimum absolute atomic E-state index is 0.101. The first-order valence-corrected chi connectivity index (χ1v) is 7.02. The van der Waals surface area contributed by atoms with Crippen LogP contribution in [0.2, 0.25) is 0 Å². The van der Waals surface area contributed by atoms with E-state index >= 15 is 0 Å². The molecule has 1 saturated carbocycles. The Morgan fingerprint density at radius 3 is 2.12 bits per heavy atom. The minimum atomic E-state index is -3.80. The number of hydrogen-bond acceptors (Lipinski definition) is 3. The Morgan fingerprint density at radius 1 is 1.12 bits per heavy atom. The van der Waals surface area contributed by atoms with Crippen molar-refractivity contribution in [2.75, 3.05) is 0 Å². The Morgan fingerprint density at radius 2 is 1.65 bits per heavy atom. The number of aliphatic carboxylic acids is 1. The minimum Gasteiger partial charge on any atom is -0.480 e. The average molecular weight is 254 g/mol. The van der Waals surface area contributed by atoms with Crippen LogP contribution in [0.1, 0.15) is 25.7 Å². The second-order valence-electron chi connectivity index (χ2n) is 4.32. The van der Waals surface area contributed by atoms with Gasteiger partial charge in [0.05, 0.1) is 4.90 Å². The van der Waals surface area contributed by atoms with E-state index in [1.54, 1.807) is 18.2 Å². The van der Waals surface area contributed by atoms with E-state index in [1.807, 2.05) is 0 Å². The number of benzene rings is 1. The molecule has 0 bridgehead atoms. The molecular weight excluding hydrogens is 240 g/mol. The van der Waals surface area contributed by atoms with Gasteiger partial charge >= 0.3 is 5.97 Å². The summed E-state index contributed by atoms with van der Waals surface area (Å²) in [4.78, 5) is 11.5. The lowest BCUT2D eigenvalue weighted by atomic mass is 10.1. The zero-order valence-electron chi connectivity index (χ0n) is 9.30. The van der Waals surface area contributed by atoms with E-state index in [-0.39, 0.29) is 17.7 Å². The third-order valence-electron chi connectivity index (χ3n) is 3.37. The van der Waals surface area contributed by atoms with E-state index in [0.29, 0.717) is 12.8 Å². The molecule has 92 valence electrons. The van der Waals surface area contributed by atoms with Crippen LogP contribution >= 0.6 is 0 Å². The molecule has 1 aliphatic rings. The predicted octanol–water partition coefficient (Wildman–Crippen LogP) is 1.86. The summed E-state index contributed by atoms with van der Waals surface area (Å²) in [5.41, 5.74) is 0. The Bertz CT molecular complexity index is 513. The van der Waals surface area contributed by atoms with Gasteiger partial charge in [0.25, 0.3) is 0 Å². The highest BCUT2D eigenvalue weighted by Crippen LogP contribution is 2.40. The molecule has 0 saturated heterocycles. The standard InChI is InChI=1S/C12H14O4S/c13-11(14)12(8-4-5-9-12)17(15,16)10-6-2-1-3-7-10/h1-3,6-7H,4-5,8-9H2,(H,13,14). The van der Waals surface area contributed by atoms with Crippen molar-refractivity contribution in [1.82, 2.24) is 0 Å². The maximum absolute atomic E-state index is 12.4. The zero-order chi connectivity index (χ0) is 12.5. The van der Waals surface area contributed by atoms with Gasteiger partial charge in [0, 0.05) is 0 Å². The number of carbonyl (C=O) groups is 1. The molecule has 0 unspecified atom stereocenters. The van der Waals surface area contributed by atoms with Crippen LogP contribution in [0.15, 0.2) is 35.2 Å². The molecule has 0 aliphatic heterocycles. The Hall–Kier alpha value is -1.36. The SMILES string of the molecule is O=C(O)C1(S(=O)(=O)c2ccccc2)CCCC1. The average Bonchev–Trinajstić information content (AvgIpc) is 2.81. The Kier molecular flexibility index (Phi) is 2.95. The van der Waals surface area contributed by atoms with Gasteiger partial charge in [0.1, 0.15) is 0 Å². The zero-order valence-corrected chi connectivity index (χ0v) is 10.1. The van der Waals surface area contributed by atoms with E-state index in [1.165, 1.54) is 12.1 Å². The van der Waals surface area contributed by atoms with Crippen molar-refractivity contribution >= 4 is 15.8 Å². The third-order valence-corrected chi connectivity index (χ3v) is 5.87. The number of sulfone groups is 1. The third kappa shape index (κ3) is 1.74. The van der Waals surface area contributed by atoms with Crippen molar-refractivity contribution in [2.45, 2.75) is 35.3 Å². The Balaban J connectivity index is 2.55. The van der Waals surface area contributed by atoms with Gasteiger partial charge in [-0.1, -0.05) is 31.0 Å². The van der Waals surface area contributed by atoms with Gasteiger partial charge in [0.2, 0.25) is 0 Å². The maximum Gasteiger partial charge on any atom is 0.325 e. The van der Waals surface area contributed by atoms with Crippen LogP contribution < -0.4 is 0 Å². The Labute approximate surface area is 100 Å². The molecule has 0 heterocycles. The molecule has 0 aromatic heterocycles. The normalized spacial score (nSPS) is 19.1. The fraction of sp³-hybridized carbons (Fsp3) is 0.417. The quantitative estimate of drug-likeness (QED) is 0.893. The van der Waals surface area contributed by atoms with Crippen LogP contribution in [0, 0.1) is 0 Å². The number of carboxylic acid groups (broad SMARTS) is 1. The van der Waals surface area contributed by atoms with Crippen molar-refractivity contribution in [2.24, 2.45) is 0 Å². The highest BCUT2D eigenvalue weighted by Gasteiger charge is 2.53. The van der Waals surface area contributed by atoms with Crippen LogP contribution in [0.3, 0.4) is 0 Å². The van der Waals surface area contributed by atoms with Gasteiger partial charge in [-0.15, -0.1) is 0 Å². The number of carboxylic acids is 1. The first kappa shape index (κ1) is 12.1. The highest BCUT2D eigenvalue weighted by atomic mass is 32.2. The van der Waals surface area contributed by atoms with Gasteiger partial charge in [-0.3, -0.25) is 4.79 Å². The second-order valence-corrected chi connectivity index (χ2v) is 6.58. The van der Waals surface area contributed by atoms with E-state index in [0.717, 1.165) is 0 Å². The molecule has 5 heteroatoms. The summed E-state index contributed by atoms with van der Waals surface area (Å²) in [5.74, 6) is -1.22. The summed E-state index contributed by atoms with van der Waals surface area (Å²) in [7, 11) is -3.80. The van der Waals surface area contributed by atoms with E-state index in [2.05, 4.69) is 0 Å². The van der Waals surface area contributed by atoms with Crippen LogP contribution in [0.4, 0.5) is 0 Å². The summed E-state index contributed by atoms with van der Waals surface area (Å²) >= 11 is 0. The molecule has 17 heavy (non-hydrogen) atoms. The van der Waals surface area contributed by atoms with Crippen LogP contribution in [0.5, 0.6) is 0 Å². The summed E-state index contributed by atoms with van der Waals surface area (Å²) in [5, 5.41) is 9.28. The first-order chi connectivity index (χ1) is 8.01. The fourth-order valence-corrected chi connectivity index (χ4v) is 4.39. The molecule has 1 N–H and O–H groups in total. The van der Waals surface area contributed by atoms with Gasteiger partial charge in [0.15, 0.2) is 14.6 Å². The van der Waals surface area contributed by atoms with Crippen molar-refractivity contribution in [3.05, 3.63) is 30.3 Å². The summed E-state index contributed by atoms with van der Waals surface area (Å²) in [6.07, 6.45) is 1.72. The molecule has 2 rings (SSSR count). The van der Waals surface area contributed by atoms with Gasteiger partial charge in [-0.05, 0) is 25.0 Å². The second kappa shape index (κ2) is 4.14. The summed E-state index contributed by atoms with van der Waals surface area (Å²) in [6.45, 7) is 0. The lowest BCUT2D eigenvalue weighted by Gasteiger charge is -2.23. The summed E-state index contributed by atoms with van der Waals surface area (Å²) in [6, 6.07) is 7.84. The fourth-order valence-electron chi connectivity index (χ4n) is 2.37. The lowest BCUT2D eigenvalue weighted by Crippen LogP contribution is -2.43. The molecule has 4 nitrogen and oxygen atoms in total. The van der Waals surface area contributed by atoms with Crippen LogP contribution in [0.25, 0.3) is 0 Å². The van der Waals surface area contributed by atoms with Crippen LogP contribution in [-0.2, 0) is 14.6 Å². The monoisotopic (exact) mass is 254 g/mol. The van der Waals surface area contributed by atoms with Crippen molar-refractivity contribution < 1.29 is 18.3 Å². The molecule has 0 atom stereocenters. The molecular formula is C12H14O4S. The molecule has 0 amide bonds. The van der Waals surface area contributed by atoms with Crippen molar-refractivity contribution in [1.29, 1.82) is 0 Å². The molecule has 0 radical (unpaired) electrons. The molecule has 1 aliphatic carbocycles. The number of hydrogen-bond donors (Lipinski definition) is 1. The largest absolute Gasteiger partial charge is 0.480 e. The molecule has 1 aromatic rings. The lowest BCUT2D eigenvalue weighted by molar-refractivity contribution is -0.139. The van der Waals surface area contributed by atoms with Crippen LogP contribution in [-0.4, -0.2) is 24.2 Å². The molecule has 1 aromatic carbocycles. The van der Waals surface area contributed by atoms with Gasteiger partial charge in [-0.2, -0.15) is 0 Å². The predicted molar refractivity (Wildman–Crippen MR) is 62.5 cm³/mol. The van der Waals surface area contributed by atoms with Gasteiger partial charge in [-0.25, -0.2) is 8.42 Å². The molecule has 0 spiro atoms. The van der Waals surface area contributed by atoms with E-state index in [9.17, 15) is 18.3 Å². The summed E-state index contributed by atoms with van der Waals surface area (Å²) < 4.78 is 23.2. The van der Waals surface area contributed by atoms with Crippen molar-refractivity contribution in [3.63, 3.8) is 0 Å². The first-order valence-electron chi connectivity index (χ1n) is 5.54. The number of rotatable bonds is 3. The van der Waals surface area contributed by atoms with E-state index in [4.69, 9.17) is 0 Å². The highest BCUT2D eigenvalue weighted by molar-refractivity contribution is 7.93. The van der Waals surface area contributed by atoms with Gasteiger partial charge < -0.3 is 5.11 Å². The smallest absolute Gasteiger partial charge is 0.325 e.